The van der Waals surface area contributed by atoms with Crippen molar-refractivity contribution < 1.29 is 9.53 Å². The number of halogens is 1. The van der Waals surface area contributed by atoms with Crippen molar-refractivity contribution in [1.29, 1.82) is 0 Å². The lowest BCUT2D eigenvalue weighted by Gasteiger charge is -2.19. The lowest BCUT2D eigenvalue weighted by Crippen LogP contribution is -2.16. The molecule has 0 heterocycles. The number of carbonyl (C=O) groups is 1. The Bertz CT molecular complexity index is 448. The van der Waals surface area contributed by atoms with E-state index in [1.165, 1.54) is 32.1 Å². The minimum absolute atomic E-state index is 0.208. The summed E-state index contributed by atoms with van der Waals surface area (Å²) in [6.45, 7) is 2.59. The van der Waals surface area contributed by atoms with Gasteiger partial charge in [-0.05, 0) is 53.9 Å². The van der Waals surface area contributed by atoms with Crippen molar-refractivity contribution >= 4 is 21.7 Å². The molecule has 1 saturated carbocycles. The third-order valence-corrected chi connectivity index (χ3v) is 4.61. The van der Waals surface area contributed by atoms with Crippen LogP contribution in [-0.4, -0.2) is 12.4 Å². The molecule has 20 heavy (non-hydrogen) atoms. The number of benzene rings is 1. The van der Waals surface area contributed by atoms with Gasteiger partial charge < -0.3 is 4.74 Å². The highest BCUT2D eigenvalue weighted by Gasteiger charge is 2.21. The number of Topliss-reactive ketones (excluding diaryl/α,β-unsaturated/α-hetero) is 1. The first-order valence-corrected chi connectivity index (χ1v) is 8.48. The Hall–Kier alpha value is -0.830. The van der Waals surface area contributed by atoms with Gasteiger partial charge in [0.05, 0.1) is 11.1 Å². The molecule has 0 amide bonds. The fourth-order valence-electron chi connectivity index (χ4n) is 2.88. The second kappa shape index (κ2) is 7.82. The van der Waals surface area contributed by atoms with Gasteiger partial charge >= 0.3 is 0 Å². The Balaban J connectivity index is 2.09. The van der Waals surface area contributed by atoms with Crippen molar-refractivity contribution in [3.63, 3.8) is 0 Å². The van der Waals surface area contributed by atoms with E-state index in [9.17, 15) is 4.79 Å². The van der Waals surface area contributed by atoms with Gasteiger partial charge in [-0.2, -0.15) is 0 Å². The highest BCUT2D eigenvalue weighted by Crippen LogP contribution is 2.30. The molecule has 2 rings (SSSR count). The van der Waals surface area contributed by atoms with Crippen LogP contribution in [0.15, 0.2) is 22.7 Å². The maximum absolute atomic E-state index is 12.6. The second-order valence-corrected chi connectivity index (χ2v) is 6.34. The molecule has 0 radical (unpaired) electrons. The van der Waals surface area contributed by atoms with Gasteiger partial charge in [0.2, 0.25) is 0 Å². The van der Waals surface area contributed by atoms with Crippen LogP contribution in [0.4, 0.5) is 0 Å². The maximum Gasteiger partial charge on any atom is 0.165 e. The van der Waals surface area contributed by atoms with Gasteiger partial charge in [-0.15, -0.1) is 0 Å². The Morgan fingerprint density at radius 2 is 1.85 bits per heavy atom. The summed E-state index contributed by atoms with van der Waals surface area (Å²) in [6.07, 6.45) is 8.35. The number of hydrogen-bond donors (Lipinski definition) is 0. The summed E-state index contributed by atoms with van der Waals surface area (Å²) in [5.41, 5.74) is 0.811. The molecule has 2 nitrogen and oxygen atoms in total. The van der Waals surface area contributed by atoms with Crippen LogP contribution >= 0.6 is 15.9 Å². The second-order valence-electron chi connectivity index (χ2n) is 5.48. The van der Waals surface area contributed by atoms with Crippen LogP contribution in [0.3, 0.4) is 0 Å². The number of carbonyl (C=O) groups excluding carboxylic acids is 1. The molecule has 0 bridgehead atoms. The molecule has 0 atom stereocenters. The van der Waals surface area contributed by atoms with Crippen LogP contribution in [-0.2, 0) is 0 Å². The van der Waals surface area contributed by atoms with Gasteiger partial charge in [0.25, 0.3) is 0 Å². The van der Waals surface area contributed by atoms with Gasteiger partial charge in [-0.1, -0.05) is 32.1 Å². The topological polar surface area (TPSA) is 26.3 Å². The van der Waals surface area contributed by atoms with Crippen molar-refractivity contribution in [2.75, 3.05) is 6.61 Å². The third kappa shape index (κ3) is 4.08. The highest BCUT2D eigenvalue weighted by atomic mass is 79.9. The first-order valence-electron chi connectivity index (χ1n) is 7.69. The van der Waals surface area contributed by atoms with Gasteiger partial charge in [0.15, 0.2) is 5.78 Å². The predicted molar refractivity (Wildman–Crippen MR) is 85.5 cm³/mol. The summed E-state index contributed by atoms with van der Waals surface area (Å²) in [5.74, 6) is 1.32. The zero-order valence-electron chi connectivity index (χ0n) is 12.2. The van der Waals surface area contributed by atoms with E-state index in [2.05, 4.69) is 15.9 Å². The van der Waals surface area contributed by atoms with Crippen LogP contribution < -0.4 is 4.74 Å². The largest absolute Gasteiger partial charge is 0.493 e. The average Bonchev–Trinajstić information content (AvgIpc) is 2.40. The number of ketones is 1. The lowest BCUT2D eigenvalue weighted by molar-refractivity contribution is 0.0898. The van der Waals surface area contributed by atoms with Gasteiger partial charge in [0.1, 0.15) is 5.75 Å². The molecule has 1 aliphatic carbocycles. The Kier molecular flexibility index (Phi) is 6.08. The number of hydrogen-bond acceptors (Lipinski definition) is 2. The average molecular weight is 339 g/mol. The van der Waals surface area contributed by atoms with E-state index in [1.807, 2.05) is 25.1 Å². The summed E-state index contributed by atoms with van der Waals surface area (Å²) >= 11 is 3.49. The van der Waals surface area contributed by atoms with Gasteiger partial charge in [-0.25, -0.2) is 0 Å². The fraction of sp³-hybridized carbons (Fsp3) is 0.588. The van der Waals surface area contributed by atoms with E-state index >= 15 is 0 Å². The quantitative estimate of drug-likeness (QED) is 0.688. The van der Waals surface area contributed by atoms with Crippen molar-refractivity contribution in [2.24, 2.45) is 5.92 Å². The fourth-order valence-corrected chi connectivity index (χ4v) is 3.37. The smallest absolute Gasteiger partial charge is 0.165 e. The minimum atomic E-state index is 0.208. The van der Waals surface area contributed by atoms with Crippen LogP contribution in [0.2, 0.25) is 0 Å². The Labute approximate surface area is 130 Å². The van der Waals surface area contributed by atoms with Crippen molar-refractivity contribution in [2.45, 2.75) is 51.9 Å². The molecular weight excluding hydrogens is 316 g/mol. The molecule has 1 fully saturated rings. The molecule has 3 heteroatoms. The van der Waals surface area contributed by atoms with E-state index in [0.29, 0.717) is 12.4 Å². The number of rotatable bonds is 4. The molecule has 1 aromatic carbocycles. The molecule has 0 unspecified atom stereocenters. The molecule has 0 aliphatic heterocycles. The predicted octanol–water partition coefficient (Wildman–Crippen LogP) is 5.39. The molecule has 0 spiro atoms. The standard InChI is InChI=1S/C17H23BrO2/c1-2-20-16-11-10-14(12-15(16)18)17(19)13-8-6-4-3-5-7-9-13/h10-13H,2-9H2,1H3. The van der Waals surface area contributed by atoms with Crippen LogP contribution in [0.25, 0.3) is 0 Å². The lowest BCUT2D eigenvalue weighted by atomic mass is 9.86. The van der Waals surface area contributed by atoms with Gasteiger partial charge in [-0.3, -0.25) is 4.79 Å². The Morgan fingerprint density at radius 3 is 2.45 bits per heavy atom. The van der Waals surface area contributed by atoms with Crippen LogP contribution in [0, 0.1) is 5.92 Å². The first kappa shape index (κ1) is 15.6. The molecule has 0 aromatic heterocycles. The van der Waals surface area contributed by atoms with E-state index in [0.717, 1.165) is 28.6 Å². The van der Waals surface area contributed by atoms with E-state index < -0.39 is 0 Å². The van der Waals surface area contributed by atoms with Crippen LogP contribution in [0.1, 0.15) is 62.2 Å². The summed E-state index contributed by atoms with van der Waals surface area (Å²) in [7, 11) is 0. The van der Waals surface area contributed by atoms with Crippen molar-refractivity contribution in [3.05, 3.63) is 28.2 Å². The zero-order chi connectivity index (χ0) is 14.4. The summed E-state index contributed by atoms with van der Waals surface area (Å²) in [5, 5.41) is 0. The monoisotopic (exact) mass is 338 g/mol. The molecule has 0 saturated heterocycles. The molecule has 1 aromatic rings. The van der Waals surface area contributed by atoms with E-state index in [4.69, 9.17) is 4.74 Å². The SMILES string of the molecule is CCOc1ccc(C(=O)C2CCCCCCC2)cc1Br. The Morgan fingerprint density at radius 1 is 1.20 bits per heavy atom. The first-order chi connectivity index (χ1) is 9.72. The van der Waals surface area contributed by atoms with Crippen LogP contribution in [0.5, 0.6) is 5.75 Å². The molecular formula is C17H23BrO2. The molecule has 0 N–H and O–H groups in total. The summed E-state index contributed by atoms with van der Waals surface area (Å²) < 4.78 is 6.37. The van der Waals surface area contributed by atoms with E-state index in [1.54, 1.807) is 0 Å². The third-order valence-electron chi connectivity index (χ3n) is 3.99. The normalized spacial score (nSPS) is 17.3. The minimum Gasteiger partial charge on any atom is -0.493 e. The summed E-state index contributed by atoms with van der Waals surface area (Å²) in [6, 6.07) is 5.70. The van der Waals surface area contributed by atoms with Crippen molar-refractivity contribution in [3.8, 4) is 5.75 Å². The molecule has 1 aliphatic rings. The highest BCUT2D eigenvalue weighted by molar-refractivity contribution is 9.10. The summed E-state index contributed by atoms with van der Waals surface area (Å²) in [4.78, 5) is 12.6. The molecule has 110 valence electrons. The maximum atomic E-state index is 12.6. The number of ether oxygens (including phenoxy) is 1. The van der Waals surface area contributed by atoms with Gasteiger partial charge in [0, 0.05) is 11.5 Å². The zero-order valence-corrected chi connectivity index (χ0v) is 13.7. The van der Waals surface area contributed by atoms with Crippen molar-refractivity contribution in [1.82, 2.24) is 0 Å². The van der Waals surface area contributed by atoms with E-state index in [-0.39, 0.29) is 5.92 Å².